The molecule has 29 heavy (non-hydrogen) atoms. The van der Waals surface area contributed by atoms with Gasteiger partial charge >= 0.3 is 5.97 Å². The fourth-order valence-electron chi connectivity index (χ4n) is 6.40. The largest absolute Gasteiger partial charge is 0.496 e. The molecule has 0 N–H and O–H groups in total. The van der Waals surface area contributed by atoms with Crippen LogP contribution in [0.5, 0.6) is 5.75 Å². The van der Waals surface area contributed by atoms with Gasteiger partial charge in [0, 0.05) is 16.5 Å². The van der Waals surface area contributed by atoms with Gasteiger partial charge in [0.05, 0.1) is 24.7 Å². The van der Waals surface area contributed by atoms with Gasteiger partial charge in [-0.1, -0.05) is 11.8 Å². The second-order valence-corrected chi connectivity index (χ2v) is 9.97. The second kappa shape index (κ2) is 7.22. The van der Waals surface area contributed by atoms with Crippen molar-refractivity contribution in [1.82, 2.24) is 0 Å². The molecule has 1 aromatic carbocycles. The molecular formula is C25H26O3S. The summed E-state index contributed by atoms with van der Waals surface area (Å²) in [4.78, 5) is 12.5. The van der Waals surface area contributed by atoms with Crippen molar-refractivity contribution in [1.29, 1.82) is 0 Å². The third-order valence-electron chi connectivity index (χ3n) is 7.16. The zero-order valence-electron chi connectivity index (χ0n) is 17.0. The summed E-state index contributed by atoms with van der Waals surface area (Å²) in [5.41, 5.74) is 3.22. The van der Waals surface area contributed by atoms with Gasteiger partial charge in [-0.05, 0) is 86.0 Å². The highest BCUT2D eigenvalue weighted by Gasteiger charge is 2.52. The molecule has 4 aliphatic carbocycles. The molecule has 1 heterocycles. The molecule has 0 spiro atoms. The van der Waals surface area contributed by atoms with Gasteiger partial charge in [0.15, 0.2) is 0 Å². The molecule has 0 saturated heterocycles. The van der Waals surface area contributed by atoms with Crippen LogP contribution in [0.4, 0.5) is 0 Å². The Morgan fingerprint density at radius 2 is 1.72 bits per heavy atom. The van der Waals surface area contributed by atoms with Crippen LogP contribution in [0.15, 0.2) is 29.6 Å². The Bertz CT molecular complexity index is 971. The van der Waals surface area contributed by atoms with Crippen LogP contribution >= 0.6 is 11.3 Å². The van der Waals surface area contributed by atoms with Crippen LogP contribution in [0, 0.1) is 29.6 Å². The van der Waals surface area contributed by atoms with Crippen LogP contribution in [-0.4, -0.2) is 20.2 Å². The van der Waals surface area contributed by atoms with Crippen molar-refractivity contribution in [3.8, 4) is 17.6 Å². The van der Waals surface area contributed by atoms with Crippen LogP contribution in [0.1, 0.15) is 64.9 Å². The molecule has 6 rings (SSSR count). The summed E-state index contributed by atoms with van der Waals surface area (Å²) in [6.45, 7) is 0. The van der Waals surface area contributed by atoms with Crippen LogP contribution < -0.4 is 4.74 Å². The molecule has 4 saturated carbocycles. The number of rotatable bonds is 3. The Balaban J connectivity index is 1.47. The van der Waals surface area contributed by atoms with Crippen LogP contribution in [0.2, 0.25) is 0 Å². The average molecular weight is 407 g/mol. The van der Waals surface area contributed by atoms with E-state index in [0.29, 0.717) is 5.56 Å². The maximum atomic E-state index is 11.6. The third kappa shape index (κ3) is 3.36. The first-order valence-corrected chi connectivity index (χ1v) is 11.3. The number of hydrogen-bond donors (Lipinski definition) is 0. The number of benzene rings is 1. The minimum Gasteiger partial charge on any atom is -0.496 e. The summed E-state index contributed by atoms with van der Waals surface area (Å²) in [6.07, 6.45) is 8.21. The lowest BCUT2D eigenvalue weighted by Crippen LogP contribution is -2.48. The number of thiophene rings is 1. The minimum atomic E-state index is -0.317. The number of carbonyl (C=O) groups is 1. The van der Waals surface area contributed by atoms with Gasteiger partial charge in [-0.25, -0.2) is 4.79 Å². The normalized spacial score (nSPS) is 29.2. The van der Waals surface area contributed by atoms with Crippen molar-refractivity contribution in [2.45, 2.75) is 43.9 Å². The smallest absolute Gasteiger partial charge is 0.338 e. The minimum absolute atomic E-state index is 0.277. The molecule has 0 unspecified atom stereocenters. The lowest BCUT2D eigenvalue weighted by Gasteiger charge is -2.57. The highest BCUT2D eigenvalue weighted by atomic mass is 32.1. The number of hydrogen-bond acceptors (Lipinski definition) is 4. The van der Waals surface area contributed by atoms with E-state index in [9.17, 15) is 4.79 Å². The molecule has 0 amide bonds. The van der Waals surface area contributed by atoms with E-state index in [-0.39, 0.29) is 11.4 Å². The summed E-state index contributed by atoms with van der Waals surface area (Å²) in [7, 11) is 3.18. The van der Waals surface area contributed by atoms with E-state index in [1.807, 2.05) is 6.07 Å². The first-order chi connectivity index (χ1) is 14.1. The molecule has 4 fully saturated rings. The predicted octanol–water partition coefficient (Wildman–Crippen LogP) is 5.41. The molecule has 2 aromatic rings. The van der Waals surface area contributed by atoms with Gasteiger partial charge in [0.1, 0.15) is 5.75 Å². The van der Waals surface area contributed by atoms with E-state index in [2.05, 4.69) is 24.0 Å². The molecule has 1 aromatic heterocycles. The fraction of sp³-hybridized carbons (Fsp3) is 0.480. The molecule has 150 valence electrons. The van der Waals surface area contributed by atoms with Crippen molar-refractivity contribution in [3.05, 3.63) is 51.2 Å². The number of carbonyl (C=O) groups excluding carboxylic acids is 1. The monoisotopic (exact) mass is 406 g/mol. The first kappa shape index (κ1) is 18.8. The summed E-state index contributed by atoms with van der Waals surface area (Å²) >= 11 is 1.47. The maximum absolute atomic E-state index is 11.6. The zero-order chi connectivity index (χ0) is 20.0. The Hall–Kier alpha value is -2.25. The van der Waals surface area contributed by atoms with Gasteiger partial charge in [-0.2, -0.15) is 0 Å². The van der Waals surface area contributed by atoms with Gasteiger partial charge < -0.3 is 9.47 Å². The topological polar surface area (TPSA) is 35.5 Å². The van der Waals surface area contributed by atoms with Crippen LogP contribution in [0.25, 0.3) is 0 Å². The third-order valence-corrected chi connectivity index (χ3v) is 8.01. The number of esters is 1. The van der Waals surface area contributed by atoms with Crippen molar-refractivity contribution in [3.63, 3.8) is 0 Å². The molecule has 0 radical (unpaired) electrons. The summed E-state index contributed by atoms with van der Waals surface area (Å²) in [5.74, 6) is 9.90. The lowest BCUT2D eigenvalue weighted by molar-refractivity contribution is -0.00616. The molecule has 4 aliphatic rings. The fourth-order valence-corrected chi connectivity index (χ4v) is 7.12. The maximum Gasteiger partial charge on any atom is 0.338 e. The van der Waals surface area contributed by atoms with Gasteiger partial charge in [0.2, 0.25) is 0 Å². The Kier molecular flexibility index (Phi) is 4.67. The Morgan fingerprint density at radius 3 is 2.34 bits per heavy atom. The van der Waals surface area contributed by atoms with Crippen LogP contribution in [-0.2, 0) is 10.2 Å². The van der Waals surface area contributed by atoms with Crippen molar-refractivity contribution in [2.75, 3.05) is 14.2 Å². The Labute approximate surface area is 176 Å². The average Bonchev–Trinajstić information content (AvgIpc) is 3.19. The van der Waals surface area contributed by atoms with E-state index in [1.54, 1.807) is 18.6 Å². The summed E-state index contributed by atoms with van der Waals surface area (Å²) < 4.78 is 10.6. The zero-order valence-corrected chi connectivity index (χ0v) is 17.8. The highest BCUT2D eigenvalue weighted by Crippen LogP contribution is 2.61. The second-order valence-electron chi connectivity index (χ2n) is 9.05. The van der Waals surface area contributed by atoms with E-state index in [4.69, 9.17) is 9.47 Å². The molecule has 0 atom stereocenters. The van der Waals surface area contributed by atoms with Gasteiger partial charge in [-0.15, -0.1) is 11.3 Å². The van der Waals surface area contributed by atoms with Crippen LogP contribution in [0.3, 0.4) is 0 Å². The summed E-state index contributed by atoms with van der Waals surface area (Å²) in [6, 6.07) is 8.21. The van der Waals surface area contributed by atoms with Gasteiger partial charge in [0.25, 0.3) is 0 Å². The van der Waals surface area contributed by atoms with Gasteiger partial charge in [-0.3, -0.25) is 0 Å². The molecule has 3 nitrogen and oxygen atoms in total. The standard InChI is InChI=1S/C25H26O3S/c1-27-23-6-4-16(3-5-21-11-20(15-29-21)24(26)28-2)10-22(23)25-12-17-7-18(13-25)9-19(8-17)14-25/h4,6,10-11,15,17-19H,7-9,12-14H2,1-2H3. The highest BCUT2D eigenvalue weighted by molar-refractivity contribution is 7.10. The van der Waals surface area contributed by atoms with E-state index in [1.165, 1.54) is 62.5 Å². The summed E-state index contributed by atoms with van der Waals surface area (Å²) in [5, 5.41) is 1.80. The van der Waals surface area contributed by atoms with E-state index < -0.39 is 0 Å². The number of ether oxygens (including phenoxy) is 2. The van der Waals surface area contributed by atoms with Crippen molar-refractivity contribution < 1.29 is 14.3 Å². The molecule has 0 aliphatic heterocycles. The number of methoxy groups -OCH3 is 2. The lowest BCUT2D eigenvalue weighted by atomic mass is 9.48. The predicted molar refractivity (Wildman–Crippen MR) is 114 cm³/mol. The van der Waals surface area contributed by atoms with Crippen molar-refractivity contribution >= 4 is 17.3 Å². The Morgan fingerprint density at radius 1 is 1.03 bits per heavy atom. The molecule has 4 heteroatoms. The quantitative estimate of drug-likeness (QED) is 0.505. The first-order valence-electron chi connectivity index (χ1n) is 10.5. The molecule has 4 bridgehead atoms. The van der Waals surface area contributed by atoms with Crippen molar-refractivity contribution in [2.24, 2.45) is 17.8 Å². The van der Waals surface area contributed by atoms with E-state index in [0.717, 1.165) is 33.9 Å². The van der Waals surface area contributed by atoms with E-state index >= 15 is 0 Å². The SMILES string of the molecule is COC(=O)c1csc(C#Cc2ccc(OC)c(C34CC5CC(CC(C5)C3)C4)c2)c1. The molecular weight excluding hydrogens is 380 g/mol.